The Morgan fingerprint density at radius 1 is 0.938 bits per heavy atom. The van der Waals surface area contributed by atoms with Crippen molar-refractivity contribution in [1.29, 1.82) is 0 Å². The molecule has 0 unspecified atom stereocenters. The Hall–Kier alpha value is -2.22. The van der Waals surface area contributed by atoms with Crippen LogP contribution in [0.1, 0.15) is 5.56 Å². The van der Waals surface area contributed by atoms with Gasteiger partial charge in [0.2, 0.25) is 0 Å². The Morgan fingerprint density at radius 2 is 1.56 bits per heavy atom. The number of hydrogen-bond donors (Lipinski definition) is 2. The van der Waals surface area contributed by atoms with Crippen LogP contribution >= 0.6 is 0 Å². The SMILES string of the molecule is C=C(Nc1ccccc1)c1ccccc1N. The van der Waals surface area contributed by atoms with Gasteiger partial charge in [-0.05, 0) is 18.2 Å². The maximum atomic E-state index is 5.87. The minimum absolute atomic E-state index is 0.732. The molecule has 3 N–H and O–H groups in total. The second-order valence-corrected chi connectivity index (χ2v) is 3.56. The molecule has 0 radical (unpaired) electrons. The molecule has 0 aromatic heterocycles. The first-order valence-corrected chi connectivity index (χ1v) is 5.13. The quantitative estimate of drug-likeness (QED) is 0.762. The first-order chi connectivity index (χ1) is 7.77. The van der Waals surface area contributed by atoms with Gasteiger partial charge in [-0.15, -0.1) is 0 Å². The Bertz CT molecular complexity index is 489. The third kappa shape index (κ3) is 2.23. The highest BCUT2D eigenvalue weighted by molar-refractivity contribution is 5.81. The number of nitrogens with two attached hydrogens (primary N) is 1. The Labute approximate surface area is 95.4 Å². The molecule has 0 atom stereocenters. The molecule has 2 rings (SSSR count). The normalized spacial score (nSPS) is 9.75. The molecule has 0 heterocycles. The second kappa shape index (κ2) is 4.53. The molecule has 0 spiro atoms. The fourth-order valence-electron chi connectivity index (χ4n) is 1.53. The van der Waals surface area contributed by atoms with Gasteiger partial charge in [-0.25, -0.2) is 0 Å². The third-order valence-corrected chi connectivity index (χ3v) is 2.35. The molecular formula is C14H14N2. The predicted octanol–water partition coefficient (Wildman–Crippen LogP) is 3.35. The summed E-state index contributed by atoms with van der Waals surface area (Å²) in [4.78, 5) is 0. The minimum Gasteiger partial charge on any atom is -0.398 e. The third-order valence-electron chi connectivity index (χ3n) is 2.35. The van der Waals surface area contributed by atoms with E-state index in [0.29, 0.717) is 0 Å². The Balaban J connectivity index is 2.19. The van der Waals surface area contributed by atoms with Crippen molar-refractivity contribution in [2.24, 2.45) is 0 Å². The van der Waals surface area contributed by atoms with E-state index < -0.39 is 0 Å². The van der Waals surface area contributed by atoms with Crippen LogP contribution in [0.2, 0.25) is 0 Å². The minimum atomic E-state index is 0.732. The highest BCUT2D eigenvalue weighted by Gasteiger charge is 2.02. The summed E-state index contributed by atoms with van der Waals surface area (Å²) in [5.41, 5.74) is 9.36. The van der Waals surface area contributed by atoms with Crippen LogP contribution in [-0.2, 0) is 0 Å². The average molecular weight is 210 g/mol. The molecule has 2 heteroatoms. The van der Waals surface area contributed by atoms with Crippen molar-refractivity contribution in [3.8, 4) is 0 Å². The number of nitrogens with one attached hydrogen (secondary N) is 1. The second-order valence-electron chi connectivity index (χ2n) is 3.56. The van der Waals surface area contributed by atoms with Gasteiger partial charge in [0.05, 0.1) is 0 Å². The van der Waals surface area contributed by atoms with E-state index in [2.05, 4.69) is 11.9 Å². The Morgan fingerprint density at radius 3 is 2.25 bits per heavy atom. The van der Waals surface area contributed by atoms with Crippen molar-refractivity contribution in [1.82, 2.24) is 0 Å². The van der Waals surface area contributed by atoms with Gasteiger partial charge >= 0.3 is 0 Å². The number of anilines is 2. The summed E-state index contributed by atoms with van der Waals surface area (Å²) < 4.78 is 0. The van der Waals surface area contributed by atoms with E-state index in [4.69, 9.17) is 5.73 Å². The number of nitrogen functional groups attached to an aromatic ring is 1. The molecule has 2 nitrogen and oxygen atoms in total. The number of rotatable bonds is 3. The average Bonchev–Trinajstić information content (AvgIpc) is 2.31. The zero-order valence-electron chi connectivity index (χ0n) is 8.98. The molecule has 0 saturated heterocycles. The summed E-state index contributed by atoms with van der Waals surface area (Å²) in [5.74, 6) is 0. The van der Waals surface area contributed by atoms with Gasteiger partial charge < -0.3 is 11.1 Å². The van der Waals surface area contributed by atoms with E-state index >= 15 is 0 Å². The molecule has 80 valence electrons. The van der Waals surface area contributed by atoms with Gasteiger partial charge in [0.1, 0.15) is 0 Å². The van der Waals surface area contributed by atoms with Gasteiger partial charge in [-0.2, -0.15) is 0 Å². The fraction of sp³-hybridized carbons (Fsp3) is 0. The van der Waals surface area contributed by atoms with Crippen LogP contribution in [0.15, 0.2) is 61.2 Å². The lowest BCUT2D eigenvalue weighted by atomic mass is 10.1. The summed E-state index contributed by atoms with van der Waals surface area (Å²) in [6.07, 6.45) is 0. The van der Waals surface area contributed by atoms with Gasteiger partial charge in [-0.1, -0.05) is 43.0 Å². The van der Waals surface area contributed by atoms with Crippen molar-refractivity contribution in [2.75, 3.05) is 11.1 Å². The number of hydrogen-bond acceptors (Lipinski definition) is 2. The molecular weight excluding hydrogens is 196 g/mol. The zero-order chi connectivity index (χ0) is 11.4. The van der Waals surface area contributed by atoms with E-state index in [-0.39, 0.29) is 0 Å². The van der Waals surface area contributed by atoms with Crippen LogP contribution in [0.4, 0.5) is 11.4 Å². The van der Waals surface area contributed by atoms with E-state index in [1.807, 2.05) is 54.6 Å². The van der Waals surface area contributed by atoms with E-state index in [1.165, 1.54) is 0 Å². The summed E-state index contributed by atoms with van der Waals surface area (Å²) in [6, 6.07) is 17.6. The summed E-state index contributed by atoms with van der Waals surface area (Å²) in [6.45, 7) is 3.99. The molecule has 0 amide bonds. The van der Waals surface area contributed by atoms with Crippen LogP contribution in [0.3, 0.4) is 0 Å². The molecule has 2 aromatic rings. The van der Waals surface area contributed by atoms with Gasteiger partial charge in [0, 0.05) is 22.6 Å². The van der Waals surface area contributed by atoms with Crippen molar-refractivity contribution in [2.45, 2.75) is 0 Å². The summed E-state index contributed by atoms with van der Waals surface area (Å²) >= 11 is 0. The molecule has 0 aliphatic carbocycles. The molecule has 0 aliphatic heterocycles. The first-order valence-electron chi connectivity index (χ1n) is 5.13. The topological polar surface area (TPSA) is 38.0 Å². The molecule has 0 saturated carbocycles. The van der Waals surface area contributed by atoms with Crippen molar-refractivity contribution in [3.05, 3.63) is 66.7 Å². The van der Waals surface area contributed by atoms with Crippen LogP contribution in [0, 0.1) is 0 Å². The summed E-state index contributed by atoms with van der Waals surface area (Å²) in [7, 11) is 0. The van der Waals surface area contributed by atoms with E-state index in [1.54, 1.807) is 0 Å². The standard InChI is InChI=1S/C14H14N2/c1-11(13-9-5-6-10-14(13)15)16-12-7-3-2-4-8-12/h2-10,16H,1,15H2. The lowest BCUT2D eigenvalue weighted by Crippen LogP contribution is -2.00. The van der Waals surface area contributed by atoms with Crippen molar-refractivity contribution in [3.63, 3.8) is 0 Å². The van der Waals surface area contributed by atoms with Crippen LogP contribution in [-0.4, -0.2) is 0 Å². The van der Waals surface area contributed by atoms with Gasteiger partial charge in [0.15, 0.2) is 0 Å². The molecule has 2 aromatic carbocycles. The number of para-hydroxylation sites is 2. The van der Waals surface area contributed by atoms with Crippen LogP contribution in [0.5, 0.6) is 0 Å². The molecule has 0 fully saturated rings. The predicted molar refractivity (Wildman–Crippen MR) is 70.0 cm³/mol. The first kappa shape index (κ1) is 10.3. The monoisotopic (exact) mass is 210 g/mol. The van der Waals surface area contributed by atoms with Crippen molar-refractivity contribution >= 4 is 17.1 Å². The lowest BCUT2D eigenvalue weighted by Gasteiger charge is -2.11. The van der Waals surface area contributed by atoms with E-state index in [0.717, 1.165) is 22.6 Å². The molecule has 16 heavy (non-hydrogen) atoms. The van der Waals surface area contributed by atoms with Gasteiger partial charge in [-0.3, -0.25) is 0 Å². The van der Waals surface area contributed by atoms with Crippen LogP contribution < -0.4 is 11.1 Å². The summed E-state index contributed by atoms with van der Waals surface area (Å²) in [5, 5.41) is 3.22. The number of benzene rings is 2. The Kier molecular flexibility index (Phi) is 2.92. The van der Waals surface area contributed by atoms with Gasteiger partial charge in [0.25, 0.3) is 0 Å². The van der Waals surface area contributed by atoms with Crippen molar-refractivity contribution < 1.29 is 0 Å². The zero-order valence-corrected chi connectivity index (χ0v) is 8.98. The van der Waals surface area contributed by atoms with E-state index in [9.17, 15) is 0 Å². The highest BCUT2D eigenvalue weighted by Crippen LogP contribution is 2.21. The largest absolute Gasteiger partial charge is 0.398 e. The smallest absolute Gasteiger partial charge is 0.0408 e. The fourth-order valence-corrected chi connectivity index (χ4v) is 1.53. The lowest BCUT2D eigenvalue weighted by molar-refractivity contribution is 1.54. The highest BCUT2D eigenvalue weighted by atomic mass is 14.9. The molecule has 0 bridgehead atoms. The maximum Gasteiger partial charge on any atom is 0.0408 e. The molecule has 0 aliphatic rings. The van der Waals surface area contributed by atoms with Crippen LogP contribution in [0.25, 0.3) is 5.70 Å². The maximum absolute atomic E-state index is 5.87.